The van der Waals surface area contributed by atoms with Crippen molar-refractivity contribution in [2.45, 2.75) is 96.8 Å². The number of benzene rings is 4. The number of rotatable bonds is 16. The largest absolute Gasteiger partial charge is 0.465 e. The third-order valence-corrected chi connectivity index (χ3v) is 10.1. The monoisotopic (exact) mass is 790 g/mol. The first-order chi connectivity index (χ1) is 26.6. The first-order valence-electron chi connectivity index (χ1n) is 18.9. The van der Waals surface area contributed by atoms with E-state index in [2.05, 4.69) is 0 Å². The molecule has 4 aromatic carbocycles. The van der Waals surface area contributed by atoms with Gasteiger partial charge >= 0.3 is 36.2 Å². The smallest absolute Gasteiger partial charge is 0.417 e. The van der Waals surface area contributed by atoms with Gasteiger partial charge in [-0.1, -0.05) is 83.7 Å². The summed E-state index contributed by atoms with van der Waals surface area (Å²) in [5.41, 5.74) is -7.83. The van der Waals surface area contributed by atoms with E-state index >= 15 is 13.2 Å². The van der Waals surface area contributed by atoms with Crippen molar-refractivity contribution < 1.29 is 64.5 Å². The van der Waals surface area contributed by atoms with Crippen LogP contribution in [0.1, 0.15) is 101 Å². The quantitative estimate of drug-likeness (QED) is 0.0276. The standard InChI is InChI=1S/C42H44F6O8/c1-5-9-20-53-36(49)27-18-17-25-30-28(41(43,44)45)19-16-24-14-13-15-26(29(24)30)34-32(25)31(27)33(37(50)54-21-10-6-2)35(38(51)55-22-11-7-3)40(34,42(46,47)48)39(52)56-23-12-8-4/h13-19,35H,5-12,20-23H2,1-4H3. The minimum absolute atomic E-state index is 0.0968. The summed E-state index contributed by atoms with van der Waals surface area (Å²) in [6.45, 7) is 5.62. The lowest BCUT2D eigenvalue weighted by Gasteiger charge is -2.43. The number of unbranched alkanes of at least 4 members (excludes halogenated alkanes) is 4. The van der Waals surface area contributed by atoms with Crippen LogP contribution < -0.4 is 5.22 Å². The van der Waals surface area contributed by atoms with Crippen molar-refractivity contribution >= 4 is 61.8 Å². The highest BCUT2D eigenvalue weighted by Gasteiger charge is 2.73. The highest BCUT2D eigenvalue weighted by molar-refractivity contribution is 6.30. The van der Waals surface area contributed by atoms with Gasteiger partial charge in [-0.15, -0.1) is 0 Å². The van der Waals surface area contributed by atoms with Crippen molar-refractivity contribution in [3.8, 4) is 0 Å². The van der Waals surface area contributed by atoms with Crippen LogP contribution in [0.25, 0.3) is 37.9 Å². The number of carbonyl (C=O) groups excluding carboxylic acids is 4. The molecule has 1 aliphatic carbocycles. The molecule has 0 aromatic heterocycles. The number of fused-ring (bicyclic) bond motifs is 2. The summed E-state index contributed by atoms with van der Waals surface area (Å²) in [5.74, 6) is -9.09. The summed E-state index contributed by atoms with van der Waals surface area (Å²) in [7, 11) is 0. The number of halogens is 6. The Morgan fingerprint density at radius 2 is 1.20 bits per heavy atom. The molecule has 0 bridgehead atoms. The molecule has 2 atom stereocenters. The molecule has 0 radical (unpaired) electrons. The third-order valence-electron chi connectivity index (χ3n) is 10.1. The van der Waals surface area contributed by atoms with Crippen LogP contribution in [0.5, 0.6) is 0 Å². The van der Waals surface area contributed by atoms with Crippen molar-refractivity contribution in [2.75, 3.05) is 26.4 Å². The van der Waals surface area contributed by atoms with Crippen molar-refractivity contribution in [2.24, 2.45) is 5.92 Å². The zero-order valence-electron chi connectivity index (χ0n) is 31.6. The Bertz CT molecular complexity index is 2190. The average Bonchev–Trinajstić information content (AvgIpc) is 3.15. The van der Waals surface area contributed by atoms with Gasteiger partial charge in [0.05, 0.1) is 43.1 Å². The summed E-state index contributed by atoms with van der Waals surface area (Å²) in [6, 6.07) is 7.86. The highest BCUT2D eigenvalue weighted by Crippen LogP contribution is 2.58. The zero-order valence-corrected chi connectivity index (χ0v) is 31.6. The van der Waals surface area contributed by atoms with Gasteiger partial charge in [0, 0.05) is 10.6 Å². The predicted octanol–water partition coefficient (Wildman–Crippen LogP) is 9.45. The first-order valence-corrected chi connectivity index (χ1v) is 18.9. The van der Waals surface area contributed by atoms with Gasteiger partial charge in [0.1, 0.15) is 5.92 Å². The minimum atomic E-state index is -5.77. The van der Waals surface area contributed by atoms with Crippen LogP contribution in [0.15, 0.2) is 42.5 Å². The van der Waals surface area contributed by atoms with Gasteiger partial charge in [0.15, 0.2) is 0 Å². The molecule has 5 rings (SSSR count). The van der Waals surface area contributed by atoms with Crippen LogP contribution in [-0.2, 0) is 44.9 Å². The van der Waals surface area contributed by atoms with Gasteiger partial charge in [-0.25, -0.2) is 9.59 Å². The molecule has 0 aliphatic heterocycles. The molecule has 0 saturated heterocycles. The molecule has 0 amide bonds. The maximum absolute atomic E-state index is 16.7. The van der Waals surface area contributed by atoms with Crippen LogP contribution >= 0.6 is 0 Å². The molecule has 0 fully saturated rings. The fraction of sp³-hybridized carbons (Fsp3) is 0.476. The average molecular weight is 791 g/mol. The Morgan fingerprint density at radius 3 is 1.77 bits per heavy atom. The van der Waals surface area contributed by atoms with E-state index in [0.717, 1.165) is 30.3 Å². The number of ether oxygens (including phenoxy) is 4. The molecule has 56 heavy (non-hydrogen) atoms. The van der Waals surface area contributed by atoms with Gasteiger partial charge < -0.3 is 18.9 Å². The first kappa shape index (κ1) is 42.3. The van der Waals surface area contributed by atoms with E-state index in [4.69, 9.17) is 18.9 Å². The molecule has 2 unspecified atom stereocenters. The van der Waals surface area contributed by atoms with Crippen LogP contribution in [0.3, 0.4) is 0 Å². The van der Waals surface area contributed by atoms with E-state index in [1.165, 1.54) is 12.1 Å². The van der Waals surface area contributed by atoms with Crippen LogP contribution in [-0.4, -0.2) is 56.5 Å². The molecule has 0 N–H and O–H groups in total. The minimum Gasteiger partial charge on any atom is -0.465 e. The van der Waals surface area contributed by atoms with Gasteiger partial charge in [-0.05, 0) is 70.3 Å². The second-order valence-electron chi connectivity index (χ2n) is 13.8. The van der Waals surface area contributed by atoms with Crippen LogP contribution in [0.2, 0.25) is 0 Å². The lowest BCUT2D eigenvalue weighted by Crippen LogP contribution is -2.61. The van der Waals surface area contributed by atoms with Gasteiger partial charge in [0.25, 0.3) is 0 Å². The van der Waals surface area contributed by atoms with Crippen molar-refractivity contribution in [1.82, 2.24) is 0 Å². The molecular weight excluding hydrogens is 746 g/mol. The Kier molecular flexibility index (Phi) is 12.9. The highest BCUT2D eigenvalue weighted by atomic mass is 19.4. The van der Waals surface area contributed by atoms with E-state index in [1.807, 2.05) is 6.92 Å². The van der Waals surface area contributed by atoms with E-state index in [1.54, 1.807) is 20.8 Å². The lowest BCUT2D eigenvalue weighted by atomic mass is 9.60. The number of hydrogen-bond donors (Lipinski definition) is 0. The molecule has 0 saturated carbocycles. The summed E-state index contributed by atoms with van der Waals surface area (Å²) >= 11 is 0. The maximum atomic E-state index is 16.7. The third kappa shape index (κ3) is 7.38. The van der Waals surface area contributed by atoms with E-state index < -0.39 is 110 Å². The number of esters is 4. The lowest BCUT2D eigenvalue weighted by molar-refractivity contribution is -0.221. The van der Waals surface area contributed by atoms with Crippen LogP contribution in [0.4, 0.5) is 26.3 Å². The number of carbonyl (C=O) groups is 4. The predicted molar refractivity (Wildman–Crippen MR) is 197 cm³/mol. The maximum Gasteiger partial charge on any atom is 0.417 e. The van der Waals surface area contributed by atoms with E-state index in [9.17, 15) is 32.3 Å². The molecular formula is C42H44F6O8. The van der Waals surface area contributed by atoms with E-state index in [0.29, 0.717) is 32.1 Å². The van der Waals surface area contributed by atoms with Crippen molar-refractivity contribution in [3.05, 3.63) is 64.4 Å². The molecule has 0 spiro atoms. The molecule has 302 valence electrons. The van der Waals surface area contributed by atoms with Gasteiger partial charge in [-0.3, -0.25) is 9.59 Å². The van der Waals surface area contributed by atoms with E-state index in [-0.39, 0.29) is 43.2 Å². The Labute approximate surface area is 319 Å². The number of alkyl halides is 6. The second kappa shape index (κ2) is 17.1. The summed E-state index contributed by atoms with van der Waals surface area (Å²) < 4.78 is 117. The Morgan fingerprint density at radius 1 is 0.625 bits per heavy atom. The van der Waals surface area contributed by atoms with Gasteiger partial charge in [0.2, 0.25) is 5.41 Å². The fourth-order valence-electron chi connectivity index (χ4n) is 7.43. The summed E-state index contributed by atoms with van der Waals surface area (Å²) in [6.07, 6.45) is -7.93. The topological polar surface area (TPSA) is 105 Å². The summed E-state index contributed by atoms with van der Waals surface area (Å²) in [4.78, 5) is 57.6. The summed E-state index contributed by atoms with van der Waals surface area (Å²) in [5, 5.41) is -2.92. The SMILES string of the molecule is CCCCOC(=O)C1=c2c(C(=O)OCCCC)ccc3c2c(c2cccc4ccc(C(F)(F)F)c3c42)C(C(=O)OCCCC)(C(F)(F)F)C1C(=O)OCCCC. The molecule has 8 nitrogen and oxygen atoms in total. The van der Waals surface area contributed by atoms with Gasteiger partial charge in [-0.2, -0.15) is 26.3 Å². The zero-order chi connectivity index (χ0) is 41.0. The Balaban J connectivity index is 2.17. The second-order valence-corrected chi connectivity index (χ2v) is 13.8. The Hall–Kier alpha value is -4.88. The molecule has 4 aromatic rings. The molecule has 14 heteroatoms. The van der Waals surface area contributed by atoms with Crippen molar-refractivity contribution in [1.29, 1.82) is 0 Å². The molecule has 0 heterocycles. The molecule has 1 aliphatic rings. The van der Waals surface area contributed by atoms with Crippen molar-refractivity contribution in [3.63, 3.8) is 0 Å². The normalized spacial score (nSPS) is 17.0. The van der Waals surface area contributed by atoms with Crippen LogP contribution in [0, 0.1) is 5.92 Å². The fourth-order valence-corrected chi connectivity index (χ4v) is 7.43. The number of hydrogen-bond acceptors (Lipinski definition) is 8.